The van der Waals surface area contributed by atoms with Crippen molar-refractivity contribution < 1.29 is 14.7 Å². The Morgan fingerprint density at radius 3 is 2.61 bits per heavy atom. The third-order valence-electron chi connectivity index (χ3n) is 4.71. The van der Waals surface area contributed by atoms with E-state index in [1.54, 1.807) is 6.20 Å². The Kier molecular flexibility index (Phi) is 5.63. The van der Waals surface area contributed by atoms with Crippen molar-refractivity contribution in [3.63, 3.8) is 0 Å². The van der Waals surface area contributed by atoms with Gasteiger partial charge in [-0.1, -0.05) is 6.92 Å². The van der Waals surface area contributed by atoms with Gasteiger partial charge < -0.3 is 15.7 Å². The highest BCUT2D eigenvalue weighted by atomic mass is 16.4. The Hall–Kier alpha value is -2.05. The molecule has 128 valence electrons. The molecule has 23 heavy (non-hydrogen) atoms. The van der Waals surface area contributed by atoms with Crippen LogP contribution >= 0.6 is 0 Å². The van der Waals surface area contributed by atoms with Crippen molar-refractivity contribution in [1.29, 1.82) is 0 Å². The van der Waals surface area contributed by atoms with E-state index in [-0.39, 0.29) is 18.0 Å². The van der Waals surface area contributed by atoms with E-state index in [1.807, 2.05) is 11.6 Å². The van der Waals surface area contributed by atoms with Crippen LogP contribution in [0.5, 0.6) is 0 Å². The number of nitrogens with zero attached hydrogens (tertiary/aromatic N) is 2. The lowest BCUT2D eigenvalue weighted by Crippen LogP contribution is -2.41. The molecule has 0 aromatic carbocycles. The number of aromatic nitrogens is 2. The molecule has 2 amide bonds. The van der Waals surface area contributed by atoms with Crippen molar-refractivity contribution in [3.8, 4) is 0 Å². The van der Waals surface area contributed by atoms with Gasteiger partial charge in [0.15, 0.2) is 0 Å². The zero-order chi connectivity index (χ0) is 17.0. The molecule has 1 fully saturated rings. The second-order valence-corrected chi connectivity index (χ2v) is 6.33. The van der Waals surface area contributed by atoms with Gasteiger partial charge in [-0.25, -0.2) is 4.79 Å². The van der Waals surface area contributed by atoms with Crippen molar-refractivity contribution >= 4 is 17.7 Å². The van der Waals surface area contributed by atoms with Crippen molar-refractivity contribution in [2.24, 2.45) is 5.92 Å². The average Bonchev–Trinajstić information content (AvgIpc) is 2.88. The number of nitrogens with one attached hydrogen (secondary N) is 2. The van der Waals surface area contributed by atoms with E-state index < -0.39 is 5.97 Å². The van der Waals surface area contributed by atoms with E-state index in [0.29, 0.717) is 37.4 Å². The summed E-state index contributed by atoms with van der Waals surface area (Å²) >= 11 is 0. The Bertz CT molecular complexity index is 562. The Labute approximate surface area is 136 Å². The lowest BCUT2D eigenvalue weighted by molar-refractivity contribution is -0.142. The van der Waals surface area contributed by atoms with Gasteiger partial charge in [0, 0.05) is 12.1 Å². The van der Waals surface area contributed by atoms with Gasteiger partial charge in [-0.3, -0.25) is 9.48 Å². The topological polar surface area (TPSA) is 96.3 Å². The van der Waals surface area contributed by atoms with Crippen molar-refractivity contribution in [2.45, 2.75) is 65.0 Å². The summed E-state index contributed by atoms with van der Waals surface area (Å²) in [5, 5.41) is 19.1. The maximum Gasteiger partial charge on any atom is 0.319 e. The molecule has 1 aliphatic rings. The minimum Gasteiger partial charge on any atom is -0.481 e. The molecule has 1 atom stereocenters. The molecule has 0 radical (unpaired) electrons. The second kappa shape index (κ2) is 7.48. The van der Waals surface area contributed by atoms with Gasteiger partial charge in [-0.05, 0) is 46.0 Å². The highest BCUT2D eigenvalue weighted by Crippen LogP contribution is 2.25. The molecule has 1 aromatic heterocycles. The van der Waals surface area contributed by atoms with Crippen LogP contribution in [0.4, 0.5) is 10.5 Å². The fourth-order valence-electron chi connectivity index (χ4n) is 2.99. The van der Waals surface area contributed by atoms with Gasteiger partial charge in [0.2, 0.25) is 0 Å². The second-order valence-electron chi connectivity index (χ2n) is 6.33. The molecular formula is C16H26N4O3. The fraction of sp³-hybridized carbons (Fsp3) is 0.688. The van der Waals surface area contributed by atoms with Crippen molar-refractivity contribution in [2.75, 3.05) is 5.32 Å². The number of anilines is 1. The molecule has 1 heterocycles. The summed E-state index contributed by atoms with van der Waals surface area (Å²) in [7, 11) is 0. The van der Waals surface area contributed by atoms with Crippen LogP contribution in [-0.4, -0.2) is 32.9 Å². The van der Waals surface area contributed by atoms with Crippen LogP contribution in [0.3, 0.4) is 0 Å². The first-order chi connectivity index (χ1) is 10.9. The van der Waals surface area contributed by atoms with E-state index in [0.717, 1.165) is 12.1 Å². The van der Waals surface area contributed by atoms with Crippen LogP contribution in [0.15, 0.2) is 6.20 Å². The fourth-order valence-corrected chi connectivity index (χ4v) is 2.99. The molecule has 0 bridgehead atoms. The maximum absolute atomic E-state index is 12.1. The van der Waals surface area contributed by atoms with E-state index in [2.05, 4.69) is 29.6 Å². The highest BCUT2D eigenvalue weighted by Gasteiger charge is 2.26. The molecule has 1 unspecified atom stereocenters. The van der Waals surface area contributed by atoms with Crippen LogP contribution in [0.1, 0.15) is 57.7 Å². The van der Waals surface area contributed by atoms with Crippen LogP contribution < -0.4 is 10.6 Å². The predicted octanol–water partition coefficient (Wildman–Crippen LogP) is 2.93. The summed E-state index contributed by atoms with van der Waals surface area (Å²) in [6.45, 7) is 6.12. The highest BCUT2D eigenvalue weighted by molar-refractivity contribution is 5.89. The summed E-state index contributed by atoms with van der Waals surface area (Å²) in [4.78, 5) is 23.1. The lowest BCUT2D eigenvalue weighted by Gasteiger charge is -2.26. The zero-order valence-electron chi connectivity index (χ0n) is 14.0. The molecule has 3 N–H and O–H groups in total. The summed E-state index contributed by atoms with van der Waals surface area (Å²) < 4.78 is 1.91. The smallest absolute Gasteiger partial charge is 0.319 e. The number of carbonyl (C=O) groups is 2. The summed E-state index contributed by atoms with van der Waals surface area (Å²) in [6.07, 6.45) is 5.28. The third kappa shape index (κ3) is 4.24. The van der Waals surface area contributed by atoms with E-state index in [1.165, 1.54) is 0 Å². The molecule has 0 saturated heterocycles. The monoisotopic (exact) mass is 322 g/mol. The van der Waals surface area contributed by atoms with Gasteiger partial charge in [0.1, 0.15) is 0 Å². The average molecular weight is 322 g/mol. The van der Waals surface area contributed by atoms with E-state index >= 15 is 0 Å². The Morgan fingerprint density at radius 2 is 2.04 bits per heavy atom. The van der Waals surface area contributed by atoms with Crippen LogP contribution in [0.25, 0.3) is 0 Å². The predicted molar refractivity (Wildman–Crippen MR) is 87.5 cm³/mol. The Morgan fingerprint density at radius 1 is 1.39 bits per heavy atom. The molecule has 2 rings (SSSR count). The van der Waals surface area contributed by atoms with Crippen molar-refractivity contribution in [1.82, 2.24) is 15.1 Å². The molecule has 0 spiro atoms. The van der Waals surface area contributed by atoms with Gasteiger partial charge >= 0.3 is 12.0 Å². The third-order valence-corrected chi connectivity index (χ3v) is 4.71. The normalized spacial score (nSPS) is 22.4. The number of carboxylic acid groups (broad SMARTS) is 1. The number of rotatable bonds is 5. The first kappa shape index (κ1) is 17.3. The molecule has 1 aromatic rings. The molecule has 1 saturated carbocycles. The molecular weight excluding hydrogens is 296 g/mol. The largest absolute Gasteiger partial charge is 0.481 e. The summed E-state index contributed by atoms with van der Waals surface area (Å²) in [5.74, 6) is -1.01. The number of hydrogen-bond donors (Lipinski definition) is 3. The summed E-state index contributed by atoms with van der Waals surface area (Å²) in [6, 6.07) is 0.0750. The first-order valence-corrected chi connectivity index (χ1v) is 8.26. The van der Waals surface area contributed by atoms with Crippen LogP contribution in [0, 0.1) is 12.8 Å². The molecule has 7 heteroatoms. The number of amides is 2. The van der Waals surface area contributed by atoms with Gasteiger partial charge in [-0.2, -0.15) is 5.10 Å². The van der Waals surface area contributed by atoms with Crippen molar-refractivity contribution in [3.05, 3.63) is 11.9 Å². The van der Waals surface area contributed by atoms with Gasteiger partial charge in [-0.15, -0.1) is 0 Å². The number of carbonyl (C=O) groups excluding carboxylic acids is 1. The van der Waals surface area contributed by atoms with Crippen LogP contribution in [0.2, 0.25) is 0 Å². The maximum atomic E-state index is 12.1. The van der Waals surface area contributed by atoms with Gasteiger partial charge in [0.05, 0.1) is 23.5 Å². The number of hydrogen-bond acceptors (Lipinski definition) is 3. The number of aliphatic carboxylic acids is 1. The zero-order valence-corrected chi connectivity index (χ0v) is 14.0. The van der Waals surface area contributed by atoms with E-state index in [9.17, 15) is 9.59 Å². The quantitative estimate of drug-likeness (QED) is 0.776. The molecule has 1 aliphatic carbocycles. The minimum atomic E-state index is -0.735. The standard InChI is InChI=1S/C16H26N4O3/c1-4-10(2)20-11(3)14(9-17-20)19-16(23)18-13-7-5-12(6-8-13)15(21)22/h9-10,12-13H,4-8H2,1-3H3,(H,21,22)(H2,18,19,23). The minimum absolute atomic E-state index is 0.0375. The SMILES string of the molecule is CCC(C)n1ncc(NC(=O)NC2CCC(C(=O)O)CC2)c1C. The molecule has 0 aliphatic heterocycles. The summed E-state index contributed by atoms with van der Waals surface area (Å²) in [5.41, 5.74) is 1.64. The van der Waals surface area contributed by atoms with Crippen LogP contribution in [-0.2, 0) is 4.79 Å². The van der Waals surface area contributed by atoms with Gasteiger partial charge in [0.25, 0.3) is 0 Å². The first-order valence-electron chi connectivity index (χ1n) is 8.26. The molecule has 7 nitrogen and oxygen atoms in total. The number of carboxylic acids is 1. The number of urea groups is 1. The van der Waals surface area contributed by atoms with E-state index in [4.69, 9.17) is 5.11 Å². The lowest BCUT2D eigenvalue weighted by atomic mass is 9.86. The Balaban J connectivity index is 1.86.